The van der Waals surface area contributed by atoms with Crippen LogP contribution in [0.2, 0.25) is 0 Å². The molecule has 47 heavy (non-hydrogen) atoms. The van der Waals surface area contributed by atoms with Crippen LogP contribution in [0.3, 0.4) is 0 Å². The standard InChI is InChI=1S/C34H53N9O4/c1-26-22-38-33-32(26)34(40-23-39-33)41-28(12-16-36-24-44)9-7-5-4-6-8-18-43(20-17-37-25-45)19-14-27-10-11-30(47-3)29(21-27)42-31(46)13-15-35-2/h10-11,21-25,28,35H,4-9,12-20H2,1-3H3,(H,36,44)(H,37,45)(H,42,46)(H2,38,39,40,41). The van der Waals surface area contributed by atoms with E-state index in [0.717, 1.165) is 112 Å². The predicted octanol–water partition coefficient (Wildman–Crippen LogP) is 3.37. The van der Waals surface area contributed by atoms with Gasteiger partial charge in [-0.2, -0.15) is 0 Å². The number of fused-ring (bicyclic) bond motifs is 1. The third-order valence-electron chi connectivity index (χ3n) is 8.27. The number of amides is 3. The molecule has 0 bridgehead atoms. The normalized spacial score (nSPS) is 11.7. The van der Waals surface area contributed by atoms with E-state index in [1.54, 1.807) is 13.4 Å². The van der Waals surface area contributed by atoms with Crippen molar-refractivity contribution in [3.8, 4) is 5.75 Å². The first-order valence-corrected chi connectivity index (χ1v) is 16.7. The van der Waals surface area contributed by atoms with Gasteiger partial charge in [0.2, 0.25) is 18.7 Å². The number of rotatable bonds is 26. The summed E-state index contributed by atoms with van der Waals surface area (Å²) in [6.07, 6.45) is 13.6. The van der Waals surface area contributed by atoms with Crippen LogP contribution in [0.4, 0.5) is 11.5 Å². The molecule has 1 unspecified atom stereocenters. The van der Waals surface area contributed by atoms with Crippen molar-refractivity contribution < 1.29 is 19.1 Å². The van der Waals surface area contributed by atoms with Gasteiger partial charge >= 0.3 is 0 Å². The Kier molecular flexibility index (Phi) is 17.1. The lowest BCUT2D eigenvalue weighted by Gasteiger charge is -2.22. The number of ether oxygens (including phenoxy) is 1. The summed E-state index contributed by atoms with van der Waals surface area (Å²) in [6.45, 7) is 6.44. The second-order valence-electron chi connectivity index (χ2n) is 11.8. The van der Waals surface area contributed by atoms with E-state index in [1.165, 1.54) is 0 Å². The average Bonchev–Trinajstić information content (AvgIpc) is 3.46. The quantitative estimate of drug-likeness (QED) is 0.0564. The minimum absolute atomic E-state index is 0.0583. The molecule has 13 heteroatoms. The highest BCUT2D eigenvalue weighted by Gasteiger charge is 2.14. The van der Waals surface area contributed by atoms with E-state index in [9.17, 15) is 14.4 Å². The monoisotopic (exact) mass is 651 g/mol. The molecule has 0 fully saturated rings. The van der Waals surface area contributed by atoms with Crippen molar-refractivity contribution in [1.82, 2.24) is 35.8 Å². The molecule has 0 saturated carbocycles. The number of hydrogen-bond acceptors (Lipinski definition) is 9. The van der Waals surface area contributed by atoms with Crippen molar-refractivity contribution >= 4 is 41.3 Å². The van der Waals surface area contributed by atoms with Gasteiger partial charge in [0.05, 0.1) is 18.2 Å². The lowest BCUT2D eigenvalue weighted by molar-refractivity contribution is -0.116. The number of nitrogens with one attached hydrogen (secondary N) is 6. The van der Waals surface area contributed by atoms with Gasteiger partial charge in [-0.05, 0) is 69.5 Å². The maximum Gasteiger partial charge on any atom is 0.225 e. The van der Waals surface area contributed by atoms with Crippen LogP contribution in [0, 0.1) is 6.92 Å². The van der Waals surface area contributed by atoms with E-state index in [4.69, 9.17) is 4.74 Å². The molecule has 0 aliphatic carbocycles. The molecule has 3 rings (SSSR count). The van der Waals surface area contributed by atoms with Crippen LogP contribution in [-0.2, 0) is 20.8 Å². The van der Waals surface area contributed by atoms with Crippen LogP contribution >= 0.6 is 0 Å². The Morgan fingerprint density at radius 2 is 1.77 bits per heavy atom. The average molecular weight is 652 g/mol. The first kappa shape index (κ1) is 37.2. The zero-order valence-electron chi connectivity index (χ0n) is 28.2. The molecule has 0 saturated heterocycles. The van der Waals surface area contributed by atoms with E-state index in [0.29, 0.717) is 37.5 Å². The Morgan fingerprint density at radius 1 is 0.979 bits per heavy atom. The minimum atomic E-state index is -0.0583. The molecule has 258 valence electrons. The highest BCUT2D eigenvalue weighted by molar-refractivity contribution is 5.92. The second kappa shape index (κ2) is 21.5. The van der Waals surface area contributed by atoms with Gasteiger partial charge in [-0.1, -0.05) is 31.7 Å². The van der Waals surface area contributed by atoms with Gasteiger partial charge in [-0.15, -0.1) is 0 Å². The van der Waals surface area contributed by atoms with E-state index in [-0.39, 0.29) is 11.9 Å². The molecule has 2 aromatic heterocycles. The summed E-state index contributed by atoms with van der Waals surface area (Å²) in [4.78, 5) is 48.4. The van der Waals surface area contributed by atoms with Crippen molar-refractivity contribution in [3.63, 3.8) is 0 Å². The topological polar surface area (TPSA) is 165 Å². The summed E-state index contributed by atoms with van der Waals surface area (Å²) < 4.78 is 5.46. The van der Waals surface area contributed by atoms with Gasteiger partial charge in [0.25, 0.3) is 0 Å². The number of H-pyrrole nitrogens is 1. The molecule has 6 N–H and O–H groups in total. The minimum Gasteiger partial charge on any atom is -0.495 e. The Bertz CT molecular complexity index is 1370. The second-order valence-corrected chi connectivity index (χ2v) is 11.8. The fourth-order valence-electron chi connectivity index (χ4n) is 5.65. The van der Waals surface area contributed by atoms with Crippen molar-refractivity contribution in [1.29, 1.82) is 0 Å². The number of unbranched alkanes of at least 4 members (excludes halogenated alkanes) is 4. The molecule has 0 aliphatic heterocycles. The molecule has 1 aromatic carbocycles. The molecule has 0 spiro atoms. The number of methoxy groups -OCH3 is 1. The molecule has 2 heterocycles. The molecule has 13 nitrogen and oxygen atoms in total. The van der Waals surface area contributed by atoms with Crippen molar-refractivity contribution in [2.24, 2.45) is 0 Å². The van der Waals surface area contributed by atoms with Gasteiger partial charge in [0.15, 0.2) is 0 Å². The zero-order chi connectivity index (χ0) is 33.7. The Labute approximate surface area is 278 Å². The highest BCUT2D eigenvalue weighted by Crippen LogP contribution is 2.26. The number of hydrogen-bond donors (Lipinski definition) is 6. The first-order chi connectivity index (χ1) is 23.0. The van der Waals surface area contributed by atoms with Crippen LogP contribution in [0.1, 0.15) is 62.5 Å². The lowest BCUT2D eigenvalue weighted by atomic mass is 10.0. The highest BCUT2D eigenvalue weighted by atomic mass is 16.5. The number of anilines is 2. The summed E-state index contributed by atoms with van der Waals surface area (Å²) in [5, 5.41) is 16.1. The van der Waals surface area contributed by atoms with E-state index in [2.05, 4.69) is 46.4 Å². The van der Waals surface area contributed by atoms with Gasteiger partial charge in [0.1, 0.15) is 23.5 Å². The first-order valence-electron chi connectivity index (χ1n) is 16.7. The maximum absolute atomic E-state index is 12.3. The van der Waals surface area contributed by atoms with Gasteiger partial charge < -0.3 is 41.2 Å². The molecular weight excluding hydrogens is 598 g/mol. The van der Waals surface area contributed by atoms with Gasteiger partial charge in [-0.3, -0.25) is 14.4 Å². The number of carbonyl (C=O) groups is 3. The Morgan fingerprint density at radius 3 is 2.55 bits per heavy atom. The van der Waals surface area contributed by atoms with Crippen LogP contribution in [0.15, 0.2) is 30.7 Å². The smallest absolute Gasteiger partial charge is 0.225 e. The molecular formula is C34H53N9O4. The number of carbonyl (C=O) groups excluding carboxylic acids is 3. The molecule has 1 atom stereocenters. The SMILES string of the molecule is CNCCC(=O)Nc1cc(CCN(CCCCCCCC(CCNC=O)Nc2ncnc3[nH]cc(C)c23)CCNC=O)ccc1OC. The Hall–Kier alpha value is -4.23. The number of benzene rings is 1. The van der Waals surface area contributed by atoms with Crippen LogP contribution in [0.25, 0.3) is 11.0 Å². The summed E-state index contributed by atoms with van der Waals surface area (Å²) >= 11 is 0. The lowest BCUT2D eigenvalue weighted by Crippen LogP contribution is -2.34. The summed E-state index contributed by atoms with van der Waals surface area (Å²) in [6, 6.07) is 6.11. The molecule has 0 aliphatic rings. The largest absolute Gasteiger partial charge is 0.495 e. The van der Waals surface area contributed by atoms with Crippen molar-refractivity contribution in [2.75, 3.05) is 64.1 Å². The fourth-order valence-corrected chi connectivity index (χ4v) is 5.65. The molecule has 3 aromatic rings. The summed E-state index contributed by atoms with van der Waals surface area (Å²) in [5.74, 6) is 1.41. The van der Waals surface area contributed by atoms with E-state index < -0.39 is 0 Å². The third kappa shape index (κ3) is 13.2. The number of aryl methyl sites for hydroxylation is 1. The third-order valence-corrected chi connectivity index (χ3v) is 8.27. The summed E-state index contributed by atoms with van der Waals surface area (Å²) in [7, 11) is 3.42. The maximum atomic E-state index is 12.3. The Balaban J connectivity index is 1.45. The van der Waals surface area contributed by atoms with Crippen LogP contribution in [-0.4, -0.2) is 98.0 Å². The molecule has 3 amide bonds. The van der Waals surface area contributed by atoms with Crippen LogP contribution < -0.4 is 31.3 Å². The van der Waals surface area contributed by atoms with E-state index >= 15 is 0 Å². The van der Waals surface area contributed by atoms with Crippen molar-refractivity contribution in [2.45, 2.75) is 70.8 Å². The summed E-state index contributed by atoms with van der Waals surface area (Å²) in [5.41, 5.74) is 3.71. The number of aromatic amines is 1. The number of nitrogens with zero attached hydrogens (tertiary/aromatic N) is 3. The predicted molar refractivity (Wildman–Crippen MR) is 187 cm³/mol. The zero-order valence-corrected chi connectivity index (χ0v) is 28.2. The van der Waals surface area contributed by atoms with Gasteiger partial charge in [0, 0.05) is 51.4 Å². The molecule has 0 radical (unpaired) electrons. The van der Waals surface area contributed by atoms with Crippen LogP contribution in [0.5, 0.6) is 5.75 Å². The van der Waals surface area contributed by atoms with Crippen molar-refractivity contribution in [3.05, 3.63) is 41.9 Å². The van der Waals surface area contributed by atoms with E-state index in [1.807, 2.05) is 38.4 Å². The number of aromatic nitrogens is 3. The fraction of sp³-hybridized carbons (Fsp3) is 0.559. The van der Waals surface area contributed by atoms with Gasteiger partial charge in [-0.25, -0.2) is 9.97 Å².